The van der Waals surface area contributed by atoms with Gasteiger partial charge in [0.25, 0.3) is 0 Å². The van der Waals surface area contributed by atoms with Crippen molar-refractivity contribution < 1.29 is 19.8 Å². The third-order valence-corrected chi connectivity index (χ3v) is 3.47. The van der Waals surface area contributed by atoms with Gasteiger partial charge in [0.05, 0.1) is 6.61 Å². The van der Waals surface area contributed by atoms with Crippen LogP contribution in [0.3, 0.4) is 0 Å². The Hall–Kier alpha value is -1.53. The minimum absolute atomic E-state index is 0.254. The maximum absolute atomic E-state index is 11.4. The Labute approximate surface area is 116 Å². The van der Waals surface area contributed by atoms with Crippen LogP contribution in [0, 0.1) is 0 Å². The topological polar surface area (TPSA) is 86.6 Å². The van der Waals surface area contributed by atoms with Crippen LogP contribution in [0.4, 0.5) is 0 Å². The van der Waals surface area contributed by atoms with Gasteiger partial charge in [-0.1, -0.05) is 18.2 Å². The molecule has 0 unspecified atom stereocenters. The lowest BCUT2D eigenvalue weighted by Gasteiger charge is -2.11. The van der Waals surface area contributed by atoms with E-state index >= 15 is 0 Å². The molecule has 0 aromatic heterocycles. The highest BCUT2D eigenvalue weighted by Crippen LogP contribution is 2.18. The Morgan fingerprint density at radius 1 is 1.26 bits per heavy atom. The molecule has 1 amide bonds. The molecule has 3 N–H and O–H groups in total. The number of carboxylic acid groups (broad SMARTS) is 1. The van der Waals surface area contributed by atoms with Crippen LogP contribution in [0.1, 0.15) is 12.8 Å². The van der Waals surface area contributed by atoms with Crippen LogP contribution in [0.5, 0.6) is 0 Å². The number of nitrogens with one attached hydrogen (secondary N) is 1. The van der Waals surface area contributed by atoms with Gasteiger partial charge in [0.1, 0.15) is 6.04 Å². The number of carboxylic acids is 1. The molecule has 6 heteroatoms. The normalized spacial score (nSPS) is 11.8. The summed E-state index contributed by atoms with van der Waals surface area (Å²) in [7, 11) is 0. The van der Waals surface area contributed by atoms with E-state index < -0.39 is 18.6 Å². The van der Waals surface area contributed by atoms with Crippen molar-refractivity contribution >= 4 is 23.6 Å². The van der Waals surface area contributed by atoms with E-state index in [1.165, 1.54) is 0 Å². The monoisotopic (exact) mass is 283 g/mol. The number of benzene rings is 1. The SMILES string of the molecule is O=C(CCCSc1ccccc1)N[C@@H](CO)C(=O)O. The van der Waals surface area contributed by atoms with E-state index in [9.17, 15) is 9.59 Å². The largest absolute Gasteiger partial charge is 0.480 e. The maximum atomic E-state index is 11.4. The zero-order valence-corrected chi connectivity index (χ0v) is 11.2. The molecule has 0 fully saturated rings. The molecule has 0 bridgehead atoms. The quantitative estimate of drug-likeness (QED) is 0.491. The summed E-state index contributed by atoms with van der Waals surface area (Å²) < 4.78 is 0. The fraction of sp³-hybridized carbons (Fsp3) is 0.385. The number of rotatable bonds is 8. The molecule has 5 nitrogen and oxygen atoms in total. The van der Waals surface area contributed by atoms with Crippen molar-refractivity contribution in [1.29, 1.82) is 0 Å². The van der Waals surface area contributed by atoms with Gasteiger partial charge in [-0.15, -0.1) is 11.8 Å². The van der Waals surface area contributed by atoms with Crippen molar-refractivity contribution in [1.82, 2.24) is 5.32 Å². The molecule has 0 saturated carbocycles. The highest BCUT2D eigenvalue weighted by Gasteiger charge is 2.17. The minimum Gasteiger partial charge on any atom is -0.480 e. The van der Waals surface area contributed by atoms with Gasteiger partial charge in [-0.2, -0.15) is 0 Å². The average molecular weight is 283 g/mol. The summed E-state index contributed by atoms with van der Waals surface area (Å²) in [4.78, 5) is 23.2. The second-order valence-corrected chi connectivity index (χ2v) is 5.07. The molecule has 0 saturated heterocycles. The molecule has 0 spiro atoms. The minimum atomic E-state index is -1.23. The zero-order chi connectivity index (χ0) is 14.1. The Morgan fingerprint density at radius 2 is 1.95 bits per heavy atom. The maximum Gasteiger partial charge on any atom is 0.328 e. The molecule has 0 aliphatic carbocycles. The van der Waals surface area contributed by atoms with Gasteiger partial charge in [0.15, 0.2) is 0 Å². The lowest BCUT2D eigenvalue weighted by molar-refractivity contribution is -0.142. The summed E-state index contributed by atoms with van der Waals surface area (Å²) >= 11 is 1.65. The van der Waals surface area contributed by atoms with E-state index in [2.05, 4.69) is 5.32 Å². The predicted octanol–water partition coefficient (Wildman–Crippen LogP) is 1.12. The van der Waals surface area contributed by atoms with E-state index in [1.54, 1.807) is 11.8 Å². The number of aliphatic hydroxyl groups excluding tert-OH is 1. The summed E-state index contributed by atoms with van der Waals surface area (Å²) in [5.41, 5.74) is 0. The molecule has 104 valence electrons. The van der Waals surface area contributed by atoms with Crippen molar-refractivity contribution in [2.24, 2.45) is 0 Å². The lowest BCUT2D eigenvalue weighted by Crippen LogP contribution is -2.43. The highest BCUT2D eigenvalue weighted by molar-refractivity contribution is 7.99. The van der Waals surface area contributed by atoms with Gasteiger partial charge in [-0.3, -0.25) is 4.79 Å². The van der Waals surface area contributed by atoms with Gasteiger partial charge >= 0.3 is 5.97 Å². The van der Waals surface area contributed by atoms with E-state index in [0.29, 0.717) is 6.42 Å². The van der Waals surface area contributed by atoms with Crippen LogP contribution in [0.2, 0.25) is 0 Å². The van der Waals surface area contributed by atoms with Gasteiger partial charge < -0.3 is 15.5 Å². The molecule has 0 aliphatic rings. The predicted molar refractivity (Wildman–Crippen MR) is 73.1 cm³/mol. The van der Waals surface area contributed by atoms with Gasteiger partial charge in [-0.05, 0) is 24.3 Å². The number of aliphatic hydroxyl groups is 1. The zero-order valence-electron chi connectivity index (χ0n) is 10.4. The molecular formula is C13H17NO4S. The summed E-state index contributed by atoms with van der Waals surface area (Å²) in [6.07, 6.45) is 0.909. The van der Waals surface area contributed by atoms with Crippen molar-refractivity contribution in [3.63, 3.8) is 0 Å². The number of thioether (sulfide) groups is 1. The van der Waals surface area contributed by atoms with Gasteiger partial charge in [0.2, 0.25) is 5.91 Å². The first kappa shape index (κ1) is 15.5. The van der Waals surface area contributed by atoms with Crippen LogP contribution in [-0.2, 0) is 9.59 Å². The second-order valence-electron chi connectivity index (χ2n) is 3.91. The number of carbonyl (C=O) groups excluding carboxylic acids is 1. The number of aliphatic carboxylic acids is 1. The Balaban J connectivity index is 2.19. The number of carbonyl (C=O) groups is 2. The van der Waals surface area contributed by atoms with Crippen LogP contribution in [0.15, 0.2) is 35.2 Å². The summed E-state index contributed by atoms with van der Waals surface area (Å²) in [5, 5.41) is 19.7. The molecule has 1 aromatic rings. The van der Waals surface area contributed by atoms with Crippen LogP contribution < -0.4 is 5.32 Å². The van der Waals surface area contributed by atoms with Crippen LogP contribution >= 0.6 is 11.8 Å². The molecule has 0 heterocycles. The Kier molecular flexibility index (Phi) is 6.99. The third-order valence-electron chi connectivity index (χ3n) is 2.38. The summed E-state index contributed by atoms with van der Waals surface area (Å²) in [6.45, 7) is -0.597. The third kappa shape index (κ3) is 6.26. The van der Waals surface area contributed by atoms with E-state index in [1.807, 2.05) is 30.3 Å². The number of amides is 1. The van der Waals surface area contributed by atoms with Crippen LogP contribution in [-0.4, -0.2) is 40.5 Å². The first-order chi connectivity index (χ1) is 9.13. The fourth-order valence-corrected chi connectivity index (χ4v) is 2.27. The number of hydrogen-bond donors (Lipinski definition) is 3. The number of hydrogen-bond acceptors (Lipinski definition) is 4. The van der Waals surface area contributed by atoms with E-state index in [4.69, 9.17) is 10.2 Å². The molecule has 1 rings (SSSR count). The molecule has 1 atom stereocenters. The van der Waals surface area contributed by atoms with Crippen molar-refractivity contribution in [3.05, 3.63) is 30.3 Å². The highest BCUT2D eigenvalue weighted by atomic mass is 32.2. The van der Waals surface area contributed by atoms with Gasteiger partial charge in [0, 0.05) is 11.3 Å². The molecule has 0 radical (unpaired) electrons. The Morgan fingerprint density at radius 3 is 2.53 bits per heavy atom. The standard InChI is InChI=1S/C13H17NO4S/c15-9-11(13(17)18)14-12(16)7-4-8-19-10-5-2-1-3-6-10/h1-3,5-6,11,15H,4,7-9H2,(H,14,16)(H,17,18)/t11-/m0/s1. The van der Waals surface area contributed by atoms with Crippen molar-refractivity contribution in [3.8, 4) is 0 Å². The molecule has 1 aromatic carbocycles. The first-order valence-corrected chi connectivity index (χ1v) is 6.93. The molecular weight excluding hydrogens is 266 g/mol. The second kappa shape index (κ2) is 8.55. The first-order valence-electron chi connectivity index (χ1n) is 5.94. The summed E-state index contributed by atoms with van der Waals surface area (Å²) in [5.74, 6) is -0.793. The van der Waals surface area contributed by atoms with Crippen molar-refractivity contribution in [2.45, 2.75) is 23.8 Å². The lowest BCUT2D eigenvalue weighted by atomic mass is 10.2. The van der Waals surface area contributed by atoms with E-state index in [-0.39, 0.29) is 12.3 Å². The van der Waals surface area contributed by atoms with Crippen molar-refractivity contribution in [2.75, 3.05) is 12.4 Å². The Bertz CT molecular complexity index is 410. The van der Waals surface area contributed by atoms with E-state index in [0.717, 1.165) is 10.6 Å². The molecule has 0 aliphatic heterocycles. The van der Waals surface area contributed by atoms with Gasteiger partial charge in [-0.25, -0.2) is 4.79 Å². The average Bonchev–Trinajstić information content (AvgIpc) is 2.42. The van der Waals surface area contributed by atoms with Crippen LogP contribution in [0.25, 0.3) is 0 Å². The molecule has 19 heavy (non-hydrogen) atoms. The smallest absolute Gasteiger partial charge is 0.328 e. The fourth-order valence-electron chi connectivity index (χ4n) is 1.39. The summed E-state index contributed by atoms with van der Waals surface area (Å²) in [6, 6.07) is 8.63.